The third-order valence-corrected chi connectivity index (χ3v) is 6.00. The Kier molecular flexibility index (Phi) is 5.99. The molecule has 0 saturated carbocycles. The van der Waals surface area contributed by atoms with E-state index in [0.29, 0.717) is 19.0 Å². The molecule has 28 heavy (non-hydrogen) atoms. The number of carbonyl (C=O) groups excluding carboxylic acids is 1. The van der Waals surface area contributed by atoms with Gasteiger partial charge in [0.15, 0.2) is 0 Å². The quantitative estimate of drug-likeness (QED) is 0.848. The van der Waals surface area contributed by atoms with Crippen LogP contribution in [0.2, 0.25) is 5.02 Å². The molecular formula is C21H26ClN3O3. The molecule has 2 aliphatic rings. The number of carbonyl (C=O) groups is 1. The van der Waals surface area contributed by atoms with Crippen molar-refractivity contribution in [1.29, 1.82) is 0 Å². The second-order valence-corrected chi connectivity index (χ2v) is 8.28. The number of hydrogen-bond acceptors (Lipinski definition) is 5. The first-order valence-corrected chi connectivity index (χ1v) is 10.4. The number of aliphatic hydroxyl groups excluding tert-OH is 1. The smallest absolute Gasteiger partial charge is 0.292 e. The topological polar surface area (TPSA) is 69.8 Å². The van der Waals surface area contributed by atoms with Crippen LogP contribution in [0.25, 0.3) is 0 Å². The summed E-state index contributed by atoms with van der Waals surface area (Å²) >= 11 is 5.95. The van der Waals surface area contributed by atoms with Crippen LogP contribution in [-0.2, 0) is 6.54 Å². The lowest BCUT2D eigenvalue weighted by Gasteiger charge is -2.31. The molecular weight excluding hydrogens is 378 g/mol. The van der Waals surface area contributed by atoms with Gasteiger partial charge in [-0.1, -0.05) is 28.9 Å². The number of likely N-dealkylation sites (tertiary alicyclic amines) is 2. The molecule has 1 aromatic carbocycles. The molecule has 3 heterocycles. The van der Waals surface area contributed by atoms with Gasteiger partial charge in [0.1, 0.15) is 0 Å². The van der Waals surface area contributed by atoms with E-state index in [1.54, 1.807) is 11.0 Å². The average molecular weight is 404 g/mol. The molecule has 6 nitrogen and oxygen atoms in total. The van der Waals surface area contributed by atoms with Crippen molar-refractivity contribution in [2.45, 2.75) is 44.2 Å². The largest absolute Gasteiger partial charge is 0.391 e. The first-order valence-electron chi connectivity index (χ1n) is 9.99. The molecule has 2 saturated heterocycles. The number of hydrogen-bond donors (Lipinski definition) is 1. The van der Waals surface area contributed by atoms with Crippen molar-refractivity contribution in [3.05, 3.63) is 52.4 Å². The van der Waals surface area contributed by atoms with E-state index < -0.39 is 6.10 Å². The van der Waals surface area contributed by atoms with Gasteiger partial charge in [0.05, 0.1) is 11.8 Å². The molecule has 0 unspecified atom stereocenters. The van der Waals surface area contributed by atoms with Crippen LogP contribution in [0.15, 0.2) is 34.9 Å². The van der Waals surface area contributed by atoms with E-state index in [-0.39, 0.29) is 11.7 Å². The fourth-order valence-corrected chi connectivity index (χ4v) is 4.24. The molecule has 1 N–H and O–H groups in total. The molecule has 0 spiro atoms. The summed E-state index contributed by atoms with van der Waals surface area (Å²) in [6.07, 6.45) is 3.12. The van der Waals surface area contributed by atoms with E-state index in [4.69, 9.17) is 16.1 Å². The van der Waals surface area contributed by atoms with Crippen LogP contribution in [0, 0.1) is 0 Å². The third-order valence-electron chi connectivity index (χ3n) is 5.75. The van der Waals surface area contributed by atoms with Crippen molar-refractivity contribution >= 4 is 17.5 Å². The Morgan fingerprint density at radius 1 is 1.18 bits per heavy atom. The maximum absolute atomic E-state index is 12.6. The molecule has 0 radical (unpaired) electrons. The van der Waals surface area contributed by atoms with Gasteiger partial charge in [0.25, 0.3) is 5.91 Å². The number of piperidine rings is 2. The highest BCUT2D eigenvalue weighted by molar-refractivity contribution is 6.30. The predicted octanol–water partition coefficient (Wildman–Crippen LogP) is 3.30. The van der Waals surface area contributed by atoms with Crippen molar-refractivity contribution < 1.29 is 14.4 Å². The van der Waals surface area contributed by atoms with Crippen molar-refractivity contribution in [1.82, 2.24) is 15.0 Å². The van der Waals surface area contributed by atoms with Gasteiger partial charge in [-0.15, -0.1) is 0 Å². The third kappa shape index (κ3) is 4.57. The minimum Gasteiger partial charge on any atom is -0.391 e. The number of aromatic nitrogens is 1. The Morgan fingerprint density at radius 3 is 2.64 bits per heavy atom. The average Bonchev–Trinajstić information content (AvgIpc) is 3.20. The second kappa shape index (κ2) is 8.64. The fraction of sp³-hybridized carbons (Fsp3) is 0.524. The predicted molar refractivity (Wildman–Crippen MR) is 106 cm³/mol. The van der Waals surface area contributed by atoms with E-state index in [0.717, 1.165) is 56.0 Å². The zero-order valence-electron chi connectivity index (χ0n) is 15.9. The van der Waals surface area contributed by atoms with Gasteiger partial charge in [0, 0.05) is 36.6 Å². The SMILES string of the molecule is O=C(c1cc(C2CCN(Cc3ccc(Cl)cc3)CC2)no1)N1CCC[C@H](O)C1. The van der Waals surface area contributed by atoms with E-state index in [9.17, 15) is 9.90 Å². The lowest BCUT2D eigenvalue weighted by atomic mass is 9.93. The number of halogens is 1. The van der Waals surface area contributed by atoms with Crippen molar-refractivity contribution in [3.8, 4) is 0 Å². The van der Waals surface area contributed by atoms with Gasteiger partial charge in [-0.2, -0.15) is 0 Å². The van der Waals surface area contributed by atoms with Crippen LogP contribution in [0.4, 0.5) is 0 Å². The van der Waals surface area contributed by atoms with Gasteiger partial charge < -0.3 is 14.5 Å². The molecule has 2 aliphatic heterocycles. The van der Waals surface area contributed by atoms with Crippen LogP contribution < -0.4 is 0 Å². The zero-order chi connectivity index (χ0) is 19.5. The Hall–Kier alpha value is -1.89. The summed E-state index contributed by atoms with van der Waals surface area (Å²) in [5.74, 6) is 0.434. The number of β-amino-alcohol motifs (C(OH)–C–C–N with tert-alkyl or cyclic N) is 1. The van der Waals surface area contributed by atoms with Gasteiger partial charge in [-0.3, -0.25) is 9.69 Å². The number of rotatable bonds is 4. The van der Waals surface area contributed by atoms with Crippen molar-refractivity contribution in [2.24, 2.45) is 0 Å². The molecule has 0 aliphatic carbocycles. The Labute approximate surface area is 170 Å². The minimum absolute atomic E-state index is 0.169. The summed E-state index contributed by atoms with van der Waals surface area (Å²) in [7, 11) is 0. The highest BCUT2D eigenvalue weighted by Gasteiger charge is 2.28. The molecule has 4 rings (SSSR count). The molecule has 0 bridgehead atoms. The van der Waals surface area contributed by atoms with Gasteiger partial charge in [-0.05, 0) is 56.5 Å². The maximum Gasteiger partial charge on any atom is 0.292 e. The molecule has 150 valence electrons. The maximum atomic E-state index is 12.6. The first kappa shape index (κ1) is 19.4. The standard InChI is InChI=1S/C21H26ClN3O3/c22-17-5-3-15(4-6-17)13-24-10-7-16(8-11-24)19-12-20(28-23-19)21(27)25-9-1-2-18(26)14-25/h3-6,12,16,18,26H,1-2,7-11,13-14H2/t18-/m0/s1. The van der Waals surface area contributed by atoms with Gasteiger partial charge >= 0.3 is 0 Å². The highest BCUT2D eigenvalue weighted by Crippen LogP contribution is 2.29. The van der Waals surface area contributed by atoms with Gasteiger partial charge in [-0.25, -0.2) is 0 Å². The fourth-order valence-electron chi connectivity index (χ4n) is 4.11. The molecule has 2 aromatic rings. The van der Waals surface area contributed by atoms with E-state index >= 15 is 0 Å². The first-order chi connectivity index (χ1) is 13.6. The highest BCUT2D eigenvalue weighted by atomic mass is 35.5. The van der Waals surface area contributed by atoms with E-state index in [1.807, 2.05) is 12.1 Å². The van der Waals surface area contributed by atoms with Crippen molar-refractivity contribution in [2.75, 3.05) is 26.2 Å². The van der Waals surface area contributed by atoms with Crippen LogP contribution in [-0.4, -0.2) is 58.3 Å². The van der Waals surface area contributed by atoms with Gasteiger partial charge in [0.2, 0.25) is 5.76 Å². The molecule has 2 fully saturated rings. The number of nitrogens with zero attached hydrogens (tertiary/aromatic N) is 3. The molecule has 7 heteroatoms. The summed E-state index contributed by atoms with van der Waals surface area (Å²) in [5, 5.41) is 14.7. The number of benzene rings is 1. The lowest BCUT2D eigenvalue weighted by molar-refractivity contribution is 0.0441. The monoisotopic (exact) mass is 403 g/mol. The van der Waals surface area contributed by atoms with Crippen LogP contribution in [0.5, 0.6) is 0 Å². The minimum atomic E-state index is -0.440. The molecule has 1 amide bonds. The Morgan fingerprint density at radius 2 is 1.93 bits per heavy atom. The van der Waals surface area contributed by atoms with E-state index in [2.05, 4.69) is 22.2 Å². The van der Waals surface area contributed by atoms with E-state index in [1.165, 1.54) is 5.56 Å². The summed E-state index contributed by atoms with van der Waals surface area (Å²) in [4.78, 5) is 16.7. The zero-order valence-corrected chi connectivity index (χ0v) is 16.6. The summed E-state index contributed by atoms with van der Waals surface area (Å²) < 4.78 is 5.35. The second-order valence-electron chi connectivity index (χ2n) is 7.84. The number of amides is 1. The number of aliphatic hydroxyl groups is 1. The normalized spacial score (nSPS) is 21.8. The summed E-state index contributed by atoms with van der Waals surface area (Å²) in [5.41, 5.74) is 2.13. The van der Waals surface area contributed by atoms with Crippen LogP contribution >= 0.6 is 11.6 Å². The summed E-state index contributed by atoms with van der Waals surface area (Å²) in [6, 6.07) is 9.80. The molecule has 1 aromatic heterocycles. The molecule has 1 atom stereocenters. The Bertz CT molecular complexity index is 799. The van der Waals surface area contributed by atoms with Crippen LogP contribution in [0.1, 0.15) is 53.4 Å². The lowest BCUT2D eigenvalue weighted by Crippen LogP contribution is -2.42. The Balaban J connectivity index is 1.31. The van der Waals surface area contributed by atoms with Crippen LogP contribution in [0.3, 0.4) is 0 Å². The van der Waals surface area contributed by atoms with Crippen molar-refractivity contribution in [3.63, 3.8) is 0 Å². The summed E-state index contributed by atoms with van der Waals surface area (Å²) in [6.45, 7) is 3.93.